The smallest absolute Gasteiger partial charge is 0.176 e. The molecule has 0 aromatic heterocycles. The number of rotatable bonds is 2. The maximum atomic E-state index is 12.3. The number of allylic oxidation sites excluding steroid dienone is 2. The van der Waals surface area contributed by atoms with Gasteiger partial charge in [-0.15, -0.1) is 18.2 Å². The normalized spacial score (nSPS) is 46.8. The van der Waals surface area contributed by atoms with Crippen LogP contribution in [-0.4, -0.2) is 22.4 Å². The Hall–Kier alpha value is -0.600. The van der Waals surface area contributed by atoms with Gasteiger partial charge in [-0.2, -0.15) is 0 Å². The lowest BCUT2D eigenvalue weighted by Crippen LogP contribution is -2.63. The average molecular weight is 241 g/mol. The molecule has 0 heterocycles. The Morgan fingerprint density at radius 2 is 2.38 bits per heavy atom. The second kappa shape index (κ2) is 3.44. The first-order chi connectivity index (χ1) is 7.40. The summed E-state index contributed by atoms with van der Waals surface area (Å²) < 4.78 is 0. The van der Waals surface area contributed by atoms with Crippen LogP contribution in [0.1, 0.15) is 20.3 Å². The van der Waals surface area contributed by atoms with Gasteiger partial charge < -0.3 is 5.11 Å². The first kappa shape index (κ1) is 11.9. The topological polar surface area (TPSA) is 37.3 Å². The van der Waals surface area contributed by atoms with Crippen LogP contribution < -0.4 is 0 Å². The van der Waals surface area contributed by atoms with Crippen LogP contribution in [-0.2, 0) is 4.79 Å². The van der Waals surface area contributed by atoms with E-state index in [2.05, 4.69) is 6.58 Å². The molecule has 2 bridgehead atoms. The number of ketones is 1. The lowest BCUT2D eigenvalue weighted by molar-refractivity contribution is -0.158. The minimum atomic E-state index is -1.38. The summed E-state index contributed by atoms with van der Waals surface area (Å²) >= 11 is 5.80. The highest BCUT2D eigenvalue weighted by Crippen LogP contribution is 2.54. The average Bonchev–Trinajstić information content (AvgIpc) is 2.25. The summed E-state index contributed by atoms with van der Waals surface area (Å²) in [6, 6.07) is 0. The fraction of sp³-hybridized carbons (Fsp3) is 0.615. The summed E-state index contributed by atoms with van der Waals surface area (Å²) in [6.07, 6.45) is 4.57. The number of Topliss-reactive ketones (excluding diaryl/α,β-unsaturated/α-hetero) is 1. The van der Waals surface area contributed by atoms with Crippen LogP contribution in [0.25, 0.3) is 0 Å². The van der Waals surface area contributed by atoms with Gasteiger partial charge in [0.25, 0.3) is 0 Å². The van der Waals surface area contributed by atoms with E-state index in [-0.39, 0.29) is 23.5 Å². The van der Waals surface area contributed by atoms with E-state index < -0.39 is 11.0 Å². The van der Waals surface area contributed by atoms with Crippen LogP contribution in [0.15, 0.2) is 24.3 Å². The van der Waals surface area contributed by atoms with Gasteiger partial charge >= 0.3 is 0 Å². The molecule has 3 aliphatic rings. The highest BCUT2D eigenvalue weighted by atomic mass is 35.5. The summed E-state index contributed by atoms with van der Waals surface area (Å²) in [5, 5.41) is 10.4. The number of fused-ring (bicyclic) bond motifs is 2. The highest BCUT2D eigenvalue weighted by molar-refractivity contribution is 6.21. The van der Waals surface area contributed by atoms with E-state index in [1.807, 2.05) is 26.0 Å². The van der Waals surface area contributed by atoms with Crippen LogP contribution in [0.2, 0.25) is 0 Å². The van der Waals surface area contributed by atoms with Gasteiger partial charge in [0.15, 0.2) is 5.78 Å². The number of halogens is 1. The number of aliphatic hydroxyl groups is 1. The third-order valence-corrected chi connectivity index (χ3v) is 4.69. The van der Waals surface area contributed by atoms with Gasteiger partial charge in [-0.1, -0.05) is 17.7 Å². The van der Waals surface area contributed by atoms with Crippen LogP contribution in [0.4, 0.5) is 0 Å². The fourth-order valence-corrected chi connectivity index (χ4v) is 3.60. The molecule has 3 aliphatic carbocycles. The number of carbonyl (C=O) groups is 1. The molecular formula is C13H17ClO2. The molecule has 88 valence electrons. The van der Waals surface area contributed by atoms with Crippen molar-refractivity contribution in [3.05, 3.63) is 24.3 Å². The van der Waals surface area contributed by atoms with Gasteiger partial charge in [-0.05, 0) is 26.2 Å². The highest BCUT2D eigenvalue weighted by Gasteiger charge is 2.61. The molecule has 0 saturated heterocycles. The standard InChI is InChI=1S/C13H17ClO2/c1-4-9-5-10-8(2)6-12(9,3)11(15)13(10,16)7-14/h4,6,9-10,16H,1,5,7H2,2-3H3/t9-,10-,12+,13+/m0/s1. The molecule has 16 heavy (non-hydrogen) atoms. The van der Waals surface area contributed by atoms with Gasteiger partial charge in [0.05, 0.1) is 11.3 Å². The zero-order valence-corrected chi connectivity index (χ0v) is 10.4. The van der Waals surface area contributed by atoms with E-state index in [1.54, 1.807) is 0 Å². The Bertz CT molecular complexity index is 387. The van der Waals surface area contributed by atoms with Crippen LogP contribution >= 0.6 is 11.6 Å². The molecule has 1 N–H and O–H groups in total. The second-order valence-electron chi connectivity index (χ2n) is 5.19. The monoisotopic (exact) mass is 240 g/mol. The molecule has 0 amide bonds. The molecule has 3 rings (SSSR count). The van der Waals surface area contributed by atoms with E-state index in [4.69, 9.17) is 11.6 Å². The van der Waals surface area contributed by atoms with E-state index >= 15 is 0 Å². The quantitative estimate of drug-likeness (QED) is 0.594. The molecule has 0 aromatic carbocycles. The van der Waals surface area contributed by atoms with Crippen molar-refractivity contribution in [2.75, 3.05) is 5.88 Å². The molecule has 1 saturated carbocycles. The molecular weight excluding hydrogens is 224 g/mol. The Morgan fingerprint density at radius 1 is 1.75 bits per heavy atom. The molecule has 0 spiro atoms. The molecule has 0 aromatic rings. The Morgan fingerprint density at radius 3 is 2.88 bits per heavy atom. The molecule has 4 atom stereocenters. The Labute approximate surface area is 101 Å². The second-order valence-corrected chi connectivity index (χ2v) is 5.46. The minimum absolute atomic E-state index is 0.0267. The van der Waals surface area contributed by atoms with Crippen molar-refractivity contribution in [2.45, 2.75) is 25.9 Å². The van der Waals surface area contributed by atoms with Crippen LogP contribution in [0.3, 0.4) is 0 Å². The van der Waals surface area contributed by atoms with E-state index in [9.17, 15) is 9.90 Å². The predicted octanol–water partition coefficient (Wildman–Crippen LogP) is 2.31. The van der Waals surface area contributed by atoms with Crippen molar-refractivity contribution < 1.29 is 9.90 Å². The lowest BCUT2D eigenvalue weighted by Gasteiger charge is -2.53. The minimum Gasteiger partial charge on any atom is -0.380 e. The SMILES string of the molecule is C=C[C@H]1C[C@H]2C(C)=C[C@@]1(C)C(=O)[C@@]2(O)CCl. The van der Waals surface area contributed by atoms with Crippen molar-refractivity contribution in [1.29, 1.82) is 0 Å². The maximum absolute atomic E-state index is 12.3. The molecule has 0 radical (unpaired) electrons. The molecule has 2 nitrogen and oxygen atoms in total. The van der Waals surface area contributed by atoms with Crippen molar-refractivity contribution >= 4 is 17.4 Å². The lowest BCUT2D eigenvalue weighted by atomic mass is 9.51. The third-order valence-electron chi connectivity index (χ3n) is 4.28. The zero-order chi connectivity index (χ0) is 12.1. The Balaban J connectivity index is 2.58. The maximum Gasteiger partial charge on any atom is 0.176 e. The predicted molar refractivity (Wildman–Crippen MR) is 64.3 cm³/mol. The van der Waals surface area contributed by atoms with E-state index in [1.165, 1.54) is 0 Å². The summed E-state index contributed by atoms with van der Waals surface area (Å²) in [4.78, 5) is 12.3. The molecule has 1 fully saturated rings. The van der Waals surface area contributed by atoms with Crippen molar-refractivity contribution in [3.63, 3.8) is 0 Å². The summed E-state index contributed by atoms with van der Waals surface area (Å²) in [6.45, 7) is 7.62. The van der Waals surface area contributed by atoms with Gasteiger partial charge in [0, 0.05) is 5.92 Å². The molecule has 3 heteroatoms. The summed E-state index contributed by atoms with van der Waals surface area (Å²) in [5.41, 5.74) is -0.942. The summed E-state index contributed by atoms with van der Waals surface area (Å²) in [7, 11) is 0. The number of carbonyl (C=O) groups excluding carboxylic acids is 1. The third kappa shape index (κ3) is 1.20. The van der Waals surface area contributed by atoms with Gasteiger partial charge in [-0.25, -0.2) is 0 Å². The van der Waals surface area contributed by atoms with Gasteiger partial charge in [-0.3, -0.25) is 4.79 Å². The summed E-state index contributed by atoms with van der Waals surface area (Å²) in [5.74, 6) is -0.220. The first-order valence-corrected chi connectivity index (χ1v) is 6.08. The number of hydrogen-bond donors (Lipinski definition) is 1. The molecule has 0 unspecified atom stereocenters. The van der Waals surface area contributed by atoms with Crippen LogP contribution in [0.5, 0.6) is 0 Å². The van der Waals surface area contributed by atoms with Crippen molar-refractivity contribution in [1.82, 2.24) is 0 Å². The van der Waals surface area contributed by atoms with Crippen LogP contribution in [0, 0.1) is 17.3 Å². The fourth-order valence-electron chi connectivity index (χ4n) is 3.29. The number of alkyl halides is 1. The zero-order valence-electron chi connectivity index (χ0n) is 9.66. The number of hydrogen-bond acceptors (Lipinski definition) is 2. The van der Waals surface area contributed by atoms with E-state index in [0.29, 0.717) is 0 Å². The molecule has 0 aliphatic heterocycles. The van der Waals surface area contributed by atoms with Crippen molar-refractivity contribution in [3.8, 4) is 0 Å². The Kier molecular flexibility index (Phi) is 2.56. The first-order valence-electron chi connectivity index (χ1n) is 5.55. The van der Waals surface area contributed by atoms with Crippen molar-refractivity contribution in [2.24, 2.45) is 17.3 Å². The largest absolute Gasteiger partial charge is 0.380 e. The van der Waals surface area contributed by atoms with Gasteiger partial charge in [0.1, 0.15) is 5.60 Å². The van der Waals surface area contributed by atoms with Gasteiger partial charge in [0.2, 0.25) is 0 Å². The van der Waals surface area contributed by atoms with E-state index in [0.717, 1.165) is 12.0 Å².